The van der Waals surface area contributed by atoms with E-state index in [2.05, 4.69) is 15.2 Å². The first-order chi connectivity index (χ1) is 15.4. The van der Waals surface area contributed by atoms with E-state index in [1.165, 1.54) is 17.8 Å². The topological polar surface area (TPSA) is 48.5 Å². The highest BCUT2D eigenvalue weighted by atomic mass is 32.1. The van der Waals surface area contributed by atoms with Crippen LogP contribution in [-0.4, -0.2) is 54.7 Å². The van der Waals surface area contributed by atoms with Crippen LogP contribution in [0.1, 0.15) is 59.9 Å². The number of amides is 1. The quantitative estimate of drug-likeness (QED) is 0.609. The molecule has 0 atom stereocenters. The van der Waals surface area contributed by atoms with Gasteiger partial charge in [0, 0.05) is 30.9 Å². The summed E-state index contributed by atoms with van der Waals surface area (Å²) in [5.74, 6) is -0.0242. The maximum atomic E-state index is 12.9. The average Bonchev–Trinajstić information content (AvgIpc) is 3.29. The van der Waals surface area contributed by atoms with Crippen molar-refractivity contribution in [2.75, 3.05) is 42.9 Å². The first kappa shape index (κ1) is 23.0. The number of nitrogens with zero attached hydrogens (tertiary/aromatic N) is 3. The number of alkyl halides is 3. The summed E-state index contributed by atoms with van der Waals surface area (Å²) in [5, 5.41) is 5.71. The molecule has 174 valence electrons. The maximum absolute atomic E-state index is 12.9. The number of anilines is 2. The Kier molecular flexibility index (Phi) is 7.35. The van der Waals surface area contributed by atoms with E-state index in [9.17, 15) is 18.0 Å². The van der Waals surface area contributed by atoms with E-state index in [-0.39, 0.29) is 18.4 Å². The fraction of sp³-hybridized carbons (Fsp3) is 0.565. The molecule has 5 nitrogen and oxygen atoms in total. The van der Waals surface area contributed by atoms with Gasteiger partial charge in [0.05, 0.1) is 22.8 Å². The monoisotopic (exact) mass is 466 g/mol. The Labute approximate surface area is 190 Å². The molecule has 2 aliphatic rings. The van der Waals surface area contributed by atoms with Crippen molar-refractivity contribution in [2.45, 2.75) is 50.6 Å². The number of nitrogens with one attached hydrogen (secondary N) is 1. The van der Waals surface area contributed by atoms with Crippen LogP contribution in [0.15, 0.2) is 29.6 Å². The molecule has 0 radical (unpaired) electrons. The third kappa shape index (κ3) is 6.01. The Morgan fingerprint density at radius 3 is 2.53 bits per heavy atom. The van der Waals surface area contributed by atoms with Gasteiger partial charge in [0.2, 0.25) is 0 Å². The van der Waals surface area contributed by atoms with Gasteiger partial charge in [0.1, 0.15) is 5.69 Å². The van der Waals surface area contributed by atoms with Crippen LogP contribution in [0.4, 0.5) is 24.5 Å². The summed E-state index contributed by atoms with van der Waals surface area (Å²) in [4.78, 5) is 21.6. The molecular weight excluding hydrogens is 437 g/mol. The van der Waals surface area contributed by atoms with Gasteiger partial charge in [-0.1, -0.05) is 12.1 Å². The van der Waals surface area contributed by atoms with E-state index < -0.39 is 12.6 Å². The van der Waals surface area contributed by atoms with E-state index in [0.717, 1.165) is 55.2 Å². The third-order valence-electron chi connectivity index (χ3n) is 6.25. The number of aromatic nitrogens is 1. The van der Waals surface area contributed by atoms with E-state index in [1.54, 1.807) is 5.38 Å². The molecule has 2 aromatic rings. The SMILES string of the molecule is O=C(Nc1ccccc1N1CCCCC1)c1csc(C2CCN(CCC(F)(F)F)CC2)n1. The zero-order valence-corrected chi connectivity index (χ0v) is 18.9. The highest BCUT2D eigenvalue weighted by Gasteiger charge is 2.30. The summed E-state index contributed by atoms with van der Waals surface area (Å²) in [7, 11) is 0. The second kappa shape index (κ2) is 10.2. The van der Waals surface area contributed by atoms with Gasteiger partial charge < -0.3 is 15.1 Å². The van der Waals surface area contributed by atoms with E-state index in [0.29, 0.717) is 18.8 Å². The van der Waals surface area contributed by atoms with Crippen LogP contribution in [0, 0.1) is 0 Å². The second-order valence-corrected chi connectivity index (χ2v) is 9.46. The van der Waals surface area contributed by atoms with Crippen molar-refractivity contribution in [2.24, 2.45) is 0 Å². The fourth-order valence-electron chi connectivity index (χ4n) is 4.44. The lowest BCUT2D eigenvalue weighted by Crippen LogP contribution is -2.35. The molecule has 2 aliphatic heterocycles. The molecule has 0 bridgehead atoms. The molecule has 0 aliphatic carbocycles. The minimum Gasteiger partial charge on any atom is -0.370 e. The highest BCUT2D eigenvalue weighted by Crippen LogP contribution is 2.32. The van der Waals surface area contributed by atoms with Gasteiger partial charge in [0.25, 0.3) is 5.91 Å². The van der Waals surface area contributed by atoms with E-state index in [1.807, 2.05) is 29.2 Å². The first-order valence-corrected chi connectivity index (χ1v) is 12.2. The maximum Gasteiger partial charge on any atom is 0.390 e. The molecule has 2 saturated heterocycles. The van der Waals surface area contributed by atoms with Crippen LogP contribution in [0.5, 0.6) is 0 Å². The van der Waals surface area contributed by atoms with Gasteiger partial charge in [0.15, 0.2) is 0 Å². The molecule has 1 N–H and O–H groups in total. The van der Waals surface area contributed by atoms with Crippen LogP contribution in [0.3, 0.4) is 0 Å². The molecule has 1 amide bonds. The van der Waals surface area contributed by atoms with Crippen molar-refractivity contribution in [3.63, 3.8) is 0 Å². The van der Waals surface area contributed by atoms with Crippen molar-refractivity contribution < 1.29 is 18.0 Å². The summed E-state index contributed by atoms with van der Waals surface area (Å²) in [6, 6.07) is 7.87. The number of carbonyl (C=O) groups excluding carboxylic acids is 1. The second-order valence-electron chi connectivity index (χ2n) is 8.57. The lowest BCUT2D eigenvalue weighted by molar-refractivity contribution is -0.138. The average molecular weight is 467 g/mol. The molecule has 1 aromatic heterocycles. The standard InChI is InChI=1S/C23H29F3N4OS/c24-23(25,26)10-15-29-13-8-17(9-14-29)22-28-19(16-32-22)21(31)27-18-6-2-3-7-20(18)30-11-4-1-5-12-30/h2-3,6-7,16-17H,1,4-5,8-15H2,(H,27,31). The number of benzene rings is 1. The van der Waals surface area contributed by atoms with Crippen LogP contribution >= 0.6 is 11.3 Å². The minimum atomic E-state index is -4.11. The van der Waals surface area contributed by atoms with Gasteiger partial charge >= 0.3 is 6.18 Å². The van der Waals surface area contributed by atoms with Gasteiger partial charge in [-0.05, 0) is 57.3 Å². The first-order valence-electron chi connectivity index (χ1n) is 11.3. The molecule has 0 saturated carbocycles. The summed E-state index contributed by atoms with van der Waals surface area (Å²) in [6.45, 7) is 3.30. The number of likely N-dealkylation sites (tertiary alicyclic amines) is 1. The number of para-hydroxylation sites is 2. The number of thiazole rings is 1. The summed E-state index contributed by atoms with van der Waals surface area (Å²) in [6.07, 6.45) is 0.223. The van der Waals surface area contributed by atoms with Crippen molar-refractivity contribution in [1.82, 2.24) is 9.88 Å². The lowest BCUT2D eigenvalue weighted by Gasteiger charge is -2.31. The van der Waals surface area contributed by atoms with E-state index >= 15 is 0 Å². The van der Waals surface area contributed by atoms with Crippen molar-refractivity contribution >= 4 is 28.6 Å². The Hall–Kier alpha value is -2.13. The summed E-state index contributed by atoms with van der Waals surface area (Å²) >= 11 is 1.47. The normalized spacial score (nSPS) is 18.7. The number of piperidine rings is 2. The van der Waals surface area contributed by atoms with Gasteiger partial charge in [-0.15, -0.1) is 11.3 Å². The van der Waals surface area contributed by atoms with Crippen LogP contribution in [0.2, 0.25) is 0 Å². The smallest absolute Gasteiger partial charge is 0.370 e. The number of halogens is 3. The van der Waals surface area contributed by atoms with Gasteiger partial charge in [-0.2, -0.15) is 13.2 Å². The Morgan fingerprint density at radius 2 is 1.81 bits per heavy atom. The van der Waals surface area contributed by atoms with Crippen LogP contribution in [-0.2, 0) is 0 Å². The molecule has 0 spiro atoms. The Morgan fingerprint density at radius 1 is 1.09 bits per heavy atom. The highest BCUT2D eigenvalue weighted by molar-refractivity contribution is 7.10. The molecule has 2 fully saturated rings. The fourth-order valence-corrected chi connectivity index (χ4v) is 5.42. The third-order valence-corrected chi connectivity index (χ3v) is 7.26. The molecule has 1 aromatic carbocycles. The van der Waals surface area contributed by atoms with Gasteiger partial charge in [-0.3, -0.25) is 4.79 Å². The predicted octanol–water partition coefficient (Wildman–Crippen LogP) is 5.52. The lowest BCUT2D eigenvalue weighted by atomic mass is 9.97. The zero-order chi connectivity index (χ0) is 22.6. The number of hydrogen-bond acceptors (Lipinski definition) is 5. The Bertz CT molecular complexity index is 903. The molecule has 0 unspecified atom stereocenters. The summed E-state index contributed by atoms with van der Waals surface area (Å²) in [5.41, 5.74) is 2.24. The zero-order valence-electron chi connectivity index (χ0n) is 18.0. The molecule has 9 heteroatoms. The molecule has 32 heavy (non-hydrogen) atoms. The number of carbonyl (C=O) groups is 1. The minimum absolute atomic E-state index is 0.0537. The van der Waals surface area contributed by atoms with Crippen LogP contribution in [0.25, 0.3) is 0 Å². The Balaban J connectivity index is 1.34. The number of hydrogen-bond donors (Lipinski definition) is 1. The predicted molar refractivity (Wildman–Crippen MR) is 122 cm³/mol. The molecule has 3 heterocycles. The largest absolute Gasteiger partial charge is 0.390 e. The summed E-state index contributed by atoms with van der Waals surface area (Å²) < 4.78 is 37.3. The number of rotatable bonds is 6. The van der Waals surface area contributed by atoms with E-state index in [4.69, 9.17) is 0 Å². The molecule has 4 rings (SSSR count). The van der Waals surface area contributed by atoms with Crippen molar-refractivity contribution in [3.8, 4) is 0 Å². The van der Waals surface area contributed by atoms with Crippen molar-refractivity contribution in [1.29, 1.82) is 0 Å². The molecular formula is C23H29F3N4OS. The van der Waals surface area contributed by atoms with Crippen LogP contribution < -0.4 is 10.2 Å². The van der Waals surface area contributed by atoms with Gasteiger partial charge in [-0.25, -0.2) is 4.98 Å². The van der Waals surface area contributed by atoms with Crippen molar-refractivity contribution in [3.05, 3.63) is 40.3 Å².